The van der Waals surface area contributed by atoms with Gasteiger partial charge in [-0.15, -0.1) is 11.6 Å². The summed E-state index contributed by atoms with van der Waals surface area (Å²) in [5.41, 5.74) is 0. The molecule has 0 aromatic rings. The SMILES string of the molecule is CCOP(=O)(Cl)C(C)(C)Cl. The van der Waals surface area contributed by atoms with Crippen LogP contribution in [0.5, 0.6) is 0 Å². The summed E-state index contributed by atoms with van der Waals surface area (Å²) in [5, 5.41) is 0. The van der Waals surface area contributed by atoms with Crippen molar-refractivity contribution in [2.45, 2.75) is 25.4 Å². The Morgan fingerprint density at radius 3 is 2.10 bits per heavy atom. The molecule has 0 saturated heterocycles. The summed E-state index contributed by atoms with van der Waals surface area (Å²) < 4.78 is 15.0. The van der Waals surface area contributed by atoms with Gasteiger partial charge in [-0.1, -0.05) is 0 Å². The first-order valence-electron chi connectivity index (χ1n) is 2.94. The minimum atomic E-state index is -3.14. The van der Waals surface area contributed by atoms with E-state index in [0.29, 0.717) is 6.61 Å². The molecule has 0 amide bonds. The molecule has 0 aromatic heterocycles. The highest BCUT2D eigenvalue weighted by molar-refractivity contribution is 7.87. The maximum Gasteiger partial charge on any atom is 0.310 e. The van der Waals surface area contributed by atoms with Gasteiger partial charge >= 0.3 is 6.72 Å². The smallest absolute Gasteiger partial charge is 0.310 e. The molecule has 0 aliphatic rings. The third-order valence-corrected chi connectivity index (χ3v) is 5.28. The molecule has 0 saturated carbocycles. The van der Waals surface area contributed by atoms with Crippen molar-refractivity contribution in [3.8, 4) is 0 Å². The topological polar surface area (TPSA) is 26.3 Å². The zero-order valence-corrected chi connectivity index (χ0v) is 8.63. The first-order chi connectivity index (χ1) is 4.31. The number of rotatable bonds is 3. The number of alkyl halides is 1. The molecular formula is C5H11Cl2O2P. The molecule has 0 aromatic carbocycles. The van der Waals surface area contributed by atoms with E-state index in [4.69, 9.17) is 27.4 Å². The van der Waals surface area contributed by atoms with Gasteiger partial charge in [0.15, 0.2) is 0 Å². The Labute approximate surface area is 71.1 Å². The van der Waals surface area contributed by atoms with Gasteiger partial charge in [-0.25, -0.2) is 0 Å². The Morgan fingerprint density at radius 1 is 1.60 bits per heavy atom. The van der Waals surface area contributed by atoms with Gasteiger partial charge in [-0.3, -0.25) is 4.57 Å². The maximum absolute atomic E-state index is 11.2. The fourth-order valence-corrected chi connectivity index (χ4v) is 1.40. The Hall–Kier alpha value is 0.770. The molecule has 1 atom stereocenters. The lowest BCUT2D eigenvalue weighted by Crippen LogP contribution is -2.09. The summed E-state index contributed by atoms with van der Waals surface area (Å²) in [6.45, 7) is 2.03. The molecule has 5 heteroatoms. The van der Waals surface area contributed by atoms with Crippen molar-refractivity contribution in [3.05, 3.63) is 0 Å². The van der Waals surface area contributed by atoms with Gasteiger partial charge in [0.05, 0.1) is 6.61 Å². The maximum atomic E-state index is 11.2. The Bertz CT molecular complexity index is 152. The molecule has 0 aliphatic carbocycles. The van der Waals surface area contributed by atoms with Crippen LogP contribution in [-0.4, -0.2) is 11.2 Å². The van der Waals surface area contributed by atoms with Crippen LogP contribution in [0.25, 0.3) is 0 Å². The van der Waals surface area contributed by atoms with Gasteiger partial charge in [0, 0.05) is 0 Å². The van der Waals surface area contributed by atoms with Gasteiger partial charge < -0.3 is 4.52 Å². The summed E-state index contributed by atoms with van der Waals surface area (Å²) >= 11 is 11.2. The van der Waals surface area contributed by atoms with Crippen molar-refractivity contribution in [1.82, 2.24) is 0 Å². The second kappa shape index (κ2) is 3.44. The van der Waals surface area contributed by atoms with Gasteiger partial charge in [-0.2, -0.15) is 0 Å². The monoisotopic (exact) mass is 204 g/mol. The minimum Gasteiger partial charge on any atom is -0.317 e. The van der Waals surface area contributed by atoms with Crippen LogP contribution in [0.4, 0.5) is 0 Å². The summed E-state index contributed by atoms with van der Waals surface area (Å²) in [6.07, 6.45) is 0. The zero-order chi connectivity index (χ0) is 8.41. The van der Waals surface area contributed by atoms with Crippen molar-refractivity contribution in [1.29, 1.82) is 0 Å². The first-order valence-corrected chi connectivity index (χ1v) is 5.85. The lowest BCUT2D eigenvalue weighted by molar-refractivity contribution is 0.337. The second-order valence-corrected chi connectivity index (χ2v) is 7.19. The lowest BCUT2D eigenvalue weighted by atomic mass is 10.6. The largest absolute Gasteiger partial charge is 0.317 e. The van der Waals surface area contributed by atoms with Crippen molar-refractivity contribution < 1.29 is 9.09 Å². The van der Waals surface area contributed by atoms with Crippen molar-refractivity contribution in [2.75, 3.05) is 6.61 Å². The number of hydrogen-bond donors (Lipinski definition) is 0. The molecule has 0 aliphatic heterocycles. The van der Waals surface area contributed by atoms with Gasteiger partial charge in [0.2, 0.25) is 0 Å². The van der Waals surface area contributed by atoms with Crippen LogP contribution < -0.4 is 0 Å². The Morgan fingerprint density at radius 2 is 2.00 bits per heavy atom. The predicted octanol–water partition coefficient (Wildman–Crippen LogP) is 3.43. The van der Waals surface area contributed by atoms with E-state index in [1.165, 1.54) is 0 Å². The molecule has 0 heterocycles. The quantitative estimate of drug-likeness (QED) is 0.521. The number of hydrogen-bond acceptors (Lipinski definition) is 2. The van der Waals surface area contributed by atoms with Crippen molar-refractivity contribution in [2.24, 2.45) is 0 Å². The molecule has 2 nitrogen and oxygen atoms in total. The van der Waals surface area contributed by atoms with E-state index in [0.717, 1.165) is 0 Å². The Balaban J connectivity index is 4.26. The predicted molar refractivity (Wildman–Crippen MR) is 45.0 cm³/mol. The third-order valence-electron chi connectivity index (χ3n) is 0.930. The molecule has 10 heavy (non-hydrogen) atoms. The zero-order valence-electron chi connectivity index (χ0n) is 6.23. The third kappa shape index (κ3) is 2.79. The van der Waals surface area contributed by atoms with Crippen LogP contribution in [0.15, 0.2) is 0 Å². The van der Waals surface area contributed by atoms with Crippen LogP contribution in [0.3, 0.4) is 0 Å². The summed E-state index contributed by atoms with van der Waals surface area (Å²) in [7, 11) is 0. The molecule has 1 unspecified atom stereocenters. The average Bonchev–Trinajstić information content (AvgIpc) is 1.61. The molecule has 0 N–H and O–H groups in total. The molecule has 0 rings (SSSR count). The summed E-state index contributed by atoms with van der Waals surface area (Å²) in [6, 6.07) is 0. The van der Waals surface area contributed by atoms with Crippen molar-refractivity contribution >= 4 is 29.6 Å². The highest BCUT2D eigenvalue weighted by Gasteiger charge is 2.38. The van der Waals surface area contributed by atoms with Crippen LogP contribution >= 0.6 is 29.6 Å². The summed E-state index contributed by atoms with van der Waals surface area (Å²) in [5.74, 6) is 0. The highest BCUT2D eigenvalue weighted by Crippen LogP contribution is 2.65. The molecule has 62 valence electrons. The van der Waals surface area contributed by atoms with E-state index >= 15 is 0 Å². The average molecular weight is 205 g/mol. The van der Waals surface area contributed by atoms with E-state index in [1.807, 2.05) is 0 Å². The van der Waals surface area contributed by atoms with E-state index in [-0.39, 0.29) is 0 Å². The molecule has 0 spiro atoms. The molecule has 0 bridgehead atoms. The standard InChI is InChI=1S/C5H11Cl2O2P/c1-4-9-10(7,8)5(2,3)6/h4H2,1-3H3. The van der Waals surface area contributed by atoms with Gasteiger partial charge in [0.1, 0.15) is 4.62 Å². The van der Waals surface area contributed by atoms with Crippen molar-refractivity contribution in [3.63, 3.8) is 0 Å². The molecule has 0 fully saturated rings. The van der Waals surface area contributed by atoms with Crippen LogP contribution in [-0.2, 0) is 9.09 Å². The van der Waals surface area contributed by atoms with E-state index < -0.39 is 11.3 Å². The fraction of sp³-hybridized carbons (Fsp3) is 1.00. The molecular weight excluding hydrogens is 194 g/mol. The lowest BCUT2D eigenvalue weighted by Gasteiger charge is -2.21. The Kier molecular flexibility index (Phi) is 3.71. The van der Waals surface area contributed by atoms with Crippen LogP contribution in [0.2, 0.25) is 0 Å². The van der Waals surface area contributed by atoms with Gasteiger partial charge in [-0.05, 0) is 32.0 Å². The highest BCUT2D eigenvalue weighted by atomic mass is 35.7. The summed E-state index contributed by atoms with van der Waals surface area (Å²) in [4.78, 5) is 0. The molecule has 0 radical (unpaired) electrons. The van der Waals surface area contributed by atoms with Gasteiger partial charge in [0.25, 0.3) is 0 Å². The minimum absolute atomic E-state index is 0.316. The first kappa shape index (κ1) is 10.8. The fourth-order valence-electron chi connectivity index (χ4n) is 0.320. The normalized spacial score (nSPS) is 18.5. The second-order valence-electron chi connectivity index (χ2n) is 2.31. The van der Waals surface area contributed by atoms with E-state index in [1.54, 1.807) is 20.8 Å². The van der Waals surface area contributed by atoms with E-state index in [9.17, 15) is 4.57 Å². The number of halogens is 2. The van der Waals surface area contributed by atoms with Crippen LogP contribution in [0.1, 0.15) is 20.8 Å². The van der Waals surface area contributed by atoms with E-state index in [2.05, 4.69) is 0 Å². The van der Waals surface area contributed by atoms with Crippen LogP contribution in [0, 0.1) is 0 Å².